The van der Waals surface area contributed by atoms with Crippen molar-refractivity contribution in [2.75, 3.05) is 13.2 Å². The summed E-state index contributed by atoms with van der Waals surface area (Å²) < 4.78 is 5.33. The Kier molecular flexibility index (Phi) is 4.78. The van der Waals surface area contributed by atoms with Gasteiger partial charge in [-0.3, -0.25) is 4.79 Å². The zero-order valence-corrected chi connectivity index (χ0v) is 12.1. The molecular formula is C16H23NO3. The highest BCUT2D eigenvalue weighted by Crippen LogP contribution is 2.24. The molecule has 1 heterocycles. The van der Waals surface area contributed by atoms with Gasteiger partial charge in [0.25, 0.3) is 0 Å². The van der Waals surface area contributed by atoms with Crippen LogP contribution < -0.4 is 5.32 Å². The third kappa shape index (κ3) is 3.81. The molecule has 110 valence electrons. The van der Waals surface area contributed by atoms with E-state index in [1.54, 1.807) is 6.92 Å². The molecule has 0 aliphatic carbocycles. The number of rotatable bonds is 5. The number of hydrogen-bond acceptors (Lipinski definition) is 3. The van der Waals surface area contributed by atoms with Crippen LogP contribution in [0.5, 0.6) is 0 Å². The van der Waals surface area contributed by atoms with Gasteiger partial charge in [0.05, 0.1) is 18.6 Å². The van der Waals surface area contributed by atoms with Crippen LogP contribution in [0.2, 0.25) is 0 Å². The maximum atomic E-state index is 12.1. The van der Waals surface area contributed by atoms with Gasteiger partial charge in [-0.05, 0) is 25.8 Å². The van der Waals surface area contributed by atoms with Gasteiger partial charge in [-0.2, -0.15) is 0 Å². The highest BCUT2D eigenvalue weighted by atomic mass is 16.5. The first-order chi connectivity index (χ1) is 9.49. The molecule has 1 aliphatic heterocycles. The Hall–Kier alpha value is -1.39. The molecule has 1 aromatic carbocycles. The van der Waals surface area contributed by atoms with Crippen molar-refractivity contribution in [2.24, 2.45) is 5.92 Å². The molecule has 0 bridgehead atoms. The van der Waals surface area contributed by atoms with Crippen LogP contribution in [0.3, 0.4) is 0 Å². The zero-order chi connectivity index (χ0) is 14.6. The van der Waals surface area contributed by atoms with E-state index in [-0.39, 0.29) is 18.4 Å². The molecule has 4 heteroatoms. The van der Waals surface area contributed by atoms with Crippen LogP contribution in [0.15, 0.2) is 30.3 Å². The second-order valence-electron chi connectivity index (χ2n) is 5.80. The smallest absolute Gasteiger partial charge is 0.223 e. The van der Waals surface area contributed by atoms with Gasteiger partial charge in [0.1, 0.15) is 0 Å². The van der Waals surface area contributed by atoms with Gasteiger partial charge in [0.2, 0.25) is 5.91 Å². The third-order valence-corrected chi connectivity index (χ3v) is 3.96. The maximum Gasteiger partial charge on any atom is 0.223 e. The Balaban J connectivity index is 1.90. The highest BCUT2D eigenvalue weighted by Gasteiger charge is 2.29. The number of aliphatic hydroxyl groups is 1. The van der Waals surface area contributed by atoms with Gasteiger partial charge in [0.15, 0.2) is 0 Å². The quantitative estimate of drug-likeness (QED) is 0.863. The van der Waals surface area contributed by atoms with E-state index in [1.165, 1.54) is 0 Å². The summed E-state index contributed by atoms with van der Waals surface area (Å²) in [5, 5.41) is 13.4. The van der Waals surface area contributed by atoms with Crippen LogP contribution in [0, 0.1) is 5.92 Å². The normalized spacial score (nSPS) is 23.1. The average Bonchev–Trinajstić information content (AvgIpc) is 2.93. The molecule has 2 rings (SSSR count). The first kappa shape index (κ1) is 15.0. The molecule has 1 amide bonds. The molecule has 0 saturated carbocycles. The van der Waals surface area contributed by atoms with E-state index in [0.717, 1.165) is 18.6 Å². The summed E-state index contributed by atoms with van der Waals surface area (Å²) in [5.41, 5.74) is -0.385. The molecule has 0 spiro atoms. The largest absolute Gasteiger partial charge is 0.385 e. The minimum Gasteiger partial charge on any atom is -0.385 e. The summed E-state index contributed by atoms with van der Waals surface area (Å²) in [6, 6.07) is 9.36. The van der Waals surface area contributed by atoms with Crippen molar-refractivity contribution >= 4 is 5.91 Å². The Morgan fingerprint density at radius 2 is 2.20 bits per heavy atom. The molecule has 3 unspecified atom stereocenters. The van der Waals surface area contributed by atoms with Gasteiger partial charge in [0, 0.05) is 18.6 Å². The first-order valence-electron chi connectivity index (χ1n) is 7.14. The second kappa shape index (κ2) is 6.37. The van der Waals surface area contributed by atoms with Crippen molar-refractivity contribution in [3.05, 3.63) is 35.9 Å². The highest BCUT2D eigenvalue weighted by molar-refractivity contribution is 5.77. The number of carbonyl (C=O) groups excluding carboxylic acids is 1. The lowest BCUT2D eigenvalue weighted by atomic mass is 9.92. The molecule has 20 heavy (non-hydrogen) atoms. The van der Waals surface area contributed by atoms with Gasteiger partial charge in [-0.15, -0.1) is 0 Å². The summed E-state index contributed by atoms with van der Waals surface area (Å²) in [6.45, 7) is 5.14. The number of hydrogen-bond donors (Lipinski definition) is 2. The van der Waals surface area contributed by atoms with Gasteiger partial charge in [-0.1, -0.05) is 30.3 Å². The Bertz CT molecular complexity index is 438. The number of nitrogens with one attached hydrogen (secondary N) is 1. The molecule has 4 nitrogen and oxygen atoms in total. The summed E-state index contributed by atoms with van der Waals surface area (Å²) in [6.07, 6.45) is 1.05. The van der Waals surface area contributed by atoms with Crippen molar-refractivity contribution in [3.63, 3.8) is 0 Å². The predicted octanol–water partition coefficient (Wildman–Crippen LogP) is 1.83. The first-order valence-corrected chi connectivity index (χ1v) is 7.14. The van der Waals surface area contributed by atoms with Crippen LogP contribution in [0.25, 0.3) is 0 Å². The third-order valence-electron chi connectivity index (χ3n) is 3.96. The topological polar surface area (TPSA) is 58.6 Å². The second-order valence-corrected chi connectivity index (χ2v) is 5.80. The molecule has 1 aromatic rings. The Morgan fingerprint density at radius 3 is 2.80 bits per heavy atom. The van der Waals surface area contributed by atoms with Gasteiger partial charge >= 0.3 is 0 Å². The minimum absolute atomic E-state index is 0.0644. The zero-order valence-electron chi connectivity index (χ0n) is 12.1. The minimum atomic E-state index is -1.14. The van der Waals surface area contributed by atoms with E-state index in [9.17, 15) is 9.90 Å². The lowest BCUT2D eigenvalue weighted by Gasteiger charge is -2.25. The molecule has 2 N–H and O–H groups in total. The lowest BCUT2D eigenvalue weighted by Crippen LogP contribution is -2.41. The van der Waals surface area contributed by atoms with Gasteiger partial charge < -0.3 is 15.2 Å². The summed E-state index contributed by atoms with van der Waals surface area (Å²) in [4.78, 5) is 12.1. The van der Waals surface area contributed by atoms with E-state index in [0.29, 0.717) is 12.5 Å². The number of ether oxygens (including phenoxy) is 1. The summed E-state index contributed by atoms with van der Waals surface area (Å²) in [5.74, 6) is 0.249. The molecule has 3 atom stereocenters. The van der Waals surface area contributed by atoms with E-state index >= 15 is 0 Å². The Morgan fingerprint density at radius 1 is 1.50 bits per heavy atom. The van der Waals surface area contributed by atoms with E-state index < -0.39 is 5.60 Å². The molecule has 1 saturated heterocycles. The maximum absolute atomic E-state index is 12.1. The van der Waals surface area contributed by atoms with Gasteiger partial charge in [-0.25, -0.2) is 0 Å². The van der Waals surface area contributed by atoms with Crippen molar-refractivity contribution < 1.29 is 14.6 Å². The molecule has 1 aliphatic rings. The number of benzene rings is 1. The molecule has 1 fully saturated rings. The number of carbonyl (C=O) groups is 1. The fourth-order valence-electron chi connectivity index (χ4n) is 2.58. The fourth-order valence-corrected chi connectivity index (χ4v) is 2.58. The van der Waals surface area contributed by atoms with E-state index in [1.807, 2.05) is 37.3 Å². The molecule has 0 aromatic heterocycles. The van der Waals surface area contributed by atoms with Crippen molar-refractivity contribution in [1.29, 1.82) is 0 Å². The average molecular weight is 277 g/mol. The van der Waals surface area contributed by atoms with Crippen LogP contribution in [0.4, 0.5) is 0 Å². The summed E-state index contributed by atoms with van der Waals surface area (Å²) in [7, 11) is 0. The molecular weight excluding hydrogens is 254 g/mol. The predicted molar refractivity (Wildman–Crippen MR) is 77.2 cm³/mol. The standard InChI is InChI=1S/C16H23NO3/c1-12(13-8-9-20-11-13)17-15(18)10-16(2,19)14-6-4-3-5-7-14/h3-7,12-13,19H,8-11H2,1-2H3,(H,17,18). The lowest BCUT2D eigenvalue weighted by molar-refractivity contribution is -0.126. The Labute approximate surface area is 120 Å². The molecule has 0 radical (unpaired) electrons. The van der Waals surface area contributed by atoms with Crippen LogP contribution in [0.1, 0.15) is 32.3 Å². The SMILES string of the molecule is CC(NC(=O)CC(C)(O)c1ccccc1)C1CCOC1. The number of amides is 1. The van der Waals surface area contributed by atoms with E-state index in [4.69, 9.17) is 4.74 Å². The summed E-state index contributed by atoms with van der Waals surface area (Å²) >= 11 is 0. The van der Waals surface area contributed by atoms with Crippen molar-refractivity contribution in [2.45, 2.75) is 38.3 Å². The monoisotopic (exact) mass is 277 g/mol. The van der Waals surface area contributed by atoms with Crippen molar-refractivity contribution in [1.82, 2.24) is 5.32 Å². The fraction of sp³-hybridized carbons (Fsp3) is 0.562. The van der Waals surface area contributed by atoms with Crippen LogP contribution in [-0.4, -0.2) is 30.3 Å². The van der Waals surface area contributed by atoms with Crippen molar-refractivity contribution in [3.8, 4) is 0 Å². The van der Waals surface area contributed by atoms with E-state index in [2.05, 4.69) is 5.32 Å². The van der Waals surface area contributed by atoms with Crippen LogP contribution >= 0.6 is 0 Å². The van der Waals surface area contributed by atoms with Crippen LogP contribution in [-0.2, 0) is 15.1 Å².